The number of benzene rings is 2. The van der Waals surface area contributed by atoms with Crippen LogP contribution in [0.4, 0.5) is 10.1 Å². The van der Waals surface area contributed by atoms with Gasteiger partial charge in [-0.3, -0.25) is 29.4 Å². The molecule has 4 aliphatic rings. The predicted octanol–water partition coefficient (Wildman–Crippen LogP) is 2.17. The molecule has 42 heavy (non-hydrogen) atoms. The number of hydrogen-bond acceptors (Lipinski definition) is 7. The molecule has 0 aromatic heterocycles. The number of carbonyl (C=O) groups is 4. The Morgan fingerprint density at radius 2 is 1.79 bits per heavy atom. The largest absolute Gasteiger partial charge is 0.493 e. The number of hydrogen-bond donors (Lipinski definition) is 1. The number of carbonyl (C=O) groups excluding carboxylic acids is 4. The summed E-state index contributed by atoms with van der Waals surface area (Å²) in [5, 5.41) is 2.33. The quantitative estimate of drug-likeness (QED) is 0.379. The highest BCUT2D eigenvalue weighted by molar-refractivity contribution is 6.05. The molecule has 4 aliphatic heterocycles. The molecule has 0 saturated carbocycles. The van der Waals surface area contributed by atoms with Crippen molar-refractivity contribution in [3.63, 3.8) is 0 Å². The van der Waals surface area contributed by atoms with Crippen molar-refractivity contribution in [2.24, 2.45) is 0 Å². The summed E-state index contributed by atoms with van der Waals surface area (Å²) in [6.07, 6.45) is 3.05. The fourth-order valence-electron chi connectivity index (χ4n) is 6.60. The summed E-state index contributed by atoms with van der Waals surface area (Å²) >= 11 is 0. The molecular weight excluding hydrogens is 541 g/mol. The molecule has 10 nitrogen and oxygen atoms in total. The van der Waals surface area contributed by atoms with E-state index in [2.05, 4.69) is 10.2 Å². The van der Waals surface area contributed by atoms with E-state index >= 15 is 0 Å². The van der Waals surface area contributed by atoms with Crippen LogP contribution >= 0.6 is 0 Å². The van der Waals surface area contributed by atoms with Crippen LogP contribution in [0.25, 0.3) is 0 Å². The van der Waals surface area contributed by atoms with Crippen molar-refractivity contribution in [1.29, 1.82) is 0 Å². The third-order valence-corrected chi connectivity index (χ3v) is 8.82. The van der Waals surface area contributed by atoms with Gasteiger partial charge in [-0.05, 0) is 56.5 Å². The number of nitrogens with zero attached hydrogens (tertiary/aromatic N) is 4. The van der Waals surface area contributed by atoms with E-state index in [1.54, 1.807) is 24.3 Å². The van der Waals surface area contributed by atoms with E-state index in [0.29, 0.717) is 56.2 Å². The number of para-hydroxylation sites is 1. The van der Waals surface area contributed by atoms with Crippen LogP contribution in [0.3, 0.4) is 0 Å². The van der Waals surface area contributed by atoms with E-state index in [-0.39, 0.29) is 42.5 Å². The molecule has 3 saturated heterocycles. The first kappa shape index (κ1) is 28.1. The smallest absolute Gasteiger partial charge is 0.255 e. The van der Waals surface area contributed by atoms with Crippen LogP contribution < -0.4 is 15.0 Å². The highest BCUT2D eigenvalue weighted by Gasteiger charge is 2.40. The molecule has 222 valence electrons. The predicted molar refractivity (Wildman–Crippen MR) is 152 cm³/mol. The van der Waals surface area contributed by atoms with E-state index in [1.807, 2.05) is 21.9 Å². The maximum atomic E-state index is 14.2. The Morgan fingerprint density at radius 3 is 2.57 bits per heavy atom. The molecule has 0 aliphatic carbocycles. The van der Waals surface area contributed by atoms with Crippen molar-refractivity contribution in [3.8, 4) is 5.75 Å². The Morgan fingerprint density at radius 1 is 0.976 bits per heavy atom. The van der Waals surface area contributed by atoms with Gasteiger partial charge in [0.05, 0.1) is 24.9 Å². The minimum Gasteiger partial charge on any atom is -0.493 e. The molecule has 4 heterocycles. The van der Waals surface area contributed by atoms with Gasteiger partial charge in [0, 0.05) is 50.3 Å². The van der Waals surface area contributed by atoms with Crippen LogP contribution in [0.5, 0.6) is 5.75 Å². The van der Waals surface area contributed by atoms with Gasteiger partial charge in [-0.15, -0.1) is 0 Å². The number of halogens is 1. The van der Waals surface area contributed by atoms with E-state index < -0.39 is 11.9 Å². The molecular formula is C31H36FN5O5. The van der Waals surface area contributed by atoms with Crippen molar-refractivity contribution in [2.75, 3.05) is 50.8 Å². The van der Waals surface area contributed by atoms with Crippen molar-refractivity contribution in [3.05, 3.63) is 59.4 Å². The van der Waals surface area contributed by atoms with Crippen LogP contribution in [0.2, 0.25) is 0 Å². The second-order valence-corrected chi connectivity index (χ2v) is 11.3. The molecule has 4 amide bonds. The number of fused-ring (bicyclic) bond motifs is 1. The zero-order chi connectivity index (χ0) is 29.2. The molecule has 1 N–H and O–H groups in total. The lowest BCUT2D eigenvalue weighted by Gasteiger charge is -2.38. The van der Waals surface area contributed by atoms with E-state index in [1.165, 1.54) is 11.0 Å². The summed E-state index contributed by atoms with van der Waals surface area (Å²) < 4.78 is 20.3. The second kappa shape index (κ2) is 12.1. The summed E-state index contributed by atoms with van der Waals surface area (Å²) in [5.41, 5.74) is 1.87. The second-order valence-electron chi connectivity index (χ2n) is 11.3. The van der Waals surface area contributed by atoms with Crippen LogP contribution in [-0.4, -0.2) is 96.3 Å². The fraction of sp³-hybridized carbons (Fsp3) is 0.484. The number of piperazine rings is 1. The lowest BCUT2D eigenvalue weighted by atomic mass is 10.0. The minimum atomic E-state index is -0.664. The molecule has 11 heteroatoms. The lowest BCUT2D eigenvalue weighted by molar-refractivity contribution is -0.137. The summed E-state index contributed by atoms with van der Waals surface area (Å²) in [5.74, 6) is -0.435. The molecule has 2 unspecified atom stereocenters. The van der Waals surface area contributed by atoms with Crippen molar-refractivity contribution in [1.82, 2.24) is 20.0 Å². The van der Waals surface area contributed by atoms with E-state index in [4.69, 9.17) is 4.74 Å². The average Bonchev–Trinajstić information content (AvgIpc) is 3.60. The third-order valence-electron chi connectivity index (χ3n) is 8.82. The maximum absolute atomic E-state index is 14.2. The molecule has 3 fully saturated rings. The molecule has 0 bridgehead atoms. The number of likely N-dealkylation sites (tertiary alicyclic amines) is 1. The fourth-order valence-corrected chi connectivity index (χ4v) is 6.60. The summed E-state index contributed by atoms with van der Waals surface area (Å²) in [7, 11) is 0. The van der Waals surface area contributed by atoms with Gasteiger partial charge in [0.15, 0.2) is 0 Å². The summed E-state index contributed by atoms with van der Waals surface area (Å²) in [6, 6.07) is 11.3. The van der Waals surface area contributed by atoms with Crippen LogP contribution in [0.15, 0.2) is 42.5 Å². The first-order chi connectivity index (χ1) is 20.4. The van der Waals surface area contributed by atoms with Crippen LogP contribution in [-0.2, 0) is 20.9 Å². The SMILES string of the molecule is O=C1CCC(N2Cc3c(OCCCN4CCCC4C(=O)N4CCN(c5ccccc5F)CC4)cccc3C2=O)C(=O)N1. The number of imide groups is 1. The number of anilines is 1. The summed E-state index contributed by atoms with van der Waals surface area (Å²) in [6.45, 7) is 4.66. The van der Waals surface area contributed by atoms with Gasteiger partial charge in [0.1, 0.15) is 17.6 Å². The summed E-state index contributed by atoms with van der Waals surface area (Å²) in [4.78, 5) is 58.1. The minimum absolute atomic E-state index is 0.148. The molecule has 0 radical (unpaired) electrons. The Kier molecular flexibility index (Phi) is 8.10. The van der Waals surface area contributed by atoms with Crippen molar-refractivity contribution >= 4 is 29.3 Å². The zero-order valence-electron chi connectivity index (χ0n) is 23.6. The van der Waals surface area contributed by atoms with Gasteiger partial charge < -0.3 is 19.4 Å². The number of nitrogens with one attached hydrogen (secondary N) is 1. The normalized spacial score (nSPS) is 22.9. The topological polar surface area (TPSA) is 102 Å². The monoisotopic (exact) mass is 577 g/mol. The standard InChI is InChI=1S/C31H36FN5O5/c32-23-7-1-2-8-24(23)35-15-17-36(18-16-35)31(41)26-9-4-13-34(26)14-5-19-42-27-10-3-6-21-22(27)20-37(30(21)40)25-11-12-28(38)33-29(25)39/h1-3,6-8,10,25-26H,4-5,9,11-20H2,(H,33,38,39). The van der Waals surface area contributed by atoms with Crippen molar-refractivity contribution < 1.29 is 28.3 Å². The highest BCUT2D eigenvalue weighted by atomic mass is 19.1. The maximum Gasteiger partial charge on any atom is 0.255 e. The Hall–Kier alpha value is -3.99. The molecule has 0 spiro atoms. The average molecular weight is 578 g/mol. The van der Waals surface area contributed by atoms with Gasteiger partial charge >= 0.3 is 0 Å². The van der Waals surface area contributed by atoms with Gasteiger partial charge in [-0.1, -0.05) is 18.2 Å². The Bertz CT molecular complexity index is 1380. The Balaban J connectivity index is 0.993. The Labute approximate surface area is 244 Å². The molecule has 2 aromatic carbocycles. The molecule has 2 atom stereocenters. The van der Waals surface area contributed by atoms with Gasteiger partial charge in [0.2, 0.25) is 17.7 Å². The van der Waals surface area contributed by atoms with Gasteiger partial charge in [-0.25, -0.2) is 4.39 Å². The van der Waals surface area contributed by atoms with Crippen LogP contribution in [0, 0.1) is 5.82 Å². The first-order valence-corrected chi connectivity index (χ1v) is 14.8. The highest BCUT2D eigenvalue weighted by Crippen LogP contribution is 2.33. The van der Waals surface area contributed by atoms with Gasteiger partial charge in [-0.2, -0.15) is 0 Å². The zero-order valence-corrected chi connectivity index (χ0v) is 23.6. The van der Waals surface area contributed by atoms with Crippen LogP contribution in [0.1, 0.15) is 48.0 Å². The molecule has 6 rings (SSSR count). The van der Waals surface area contributed by atoms with Gasteiger partial charge in [0.25, 0.3) is 5.91 Å². The lowest BCUT2D eigenvalue weighted by Crippen LogP contribution is -2.54. The van der Waals surface area contributed by atoms with E-state index in [9.17, 15) is 23.6 Å². The number of amides is 4. The number of ether oxygens (including phenoxy) is 1. The third kappa shape index (κ3) is 5.57. The number of piperidine rings is 1. The van der Waals surface area contributed by atoms with E-state index in [0.717, 1.165) is 37.9 Å². The number of rotatable bonds is 8. The van der Waals surface area contributed by atoms with Crippen molar-refractivity contribution in [2.45, 2.75) is 50.7 Å². The first-order valence-electron chi connectivity index (χ1n) is 14.8. The molecule has 2 aromatic rings.